The first-order chi connectivity index (χ1) is 22.3. The van der Waals surface area contributed by atoms with Gasteiger partial charge in [0.15, 0.2) is 6.10 Å². The van der Waals surface area contributed by atoms with E-state index in [0.29, 0.717) is 24.3 Å². The molecule has 0 spiro atoms. The molecule has 2 amide bonds. The van der Waals surface area contributed by atoms with Gasteiger partial charge in [0, 0.05) is 17.7 Å². The highest BCUT2D eigenvalue weighted by Gasteiger charge is 2.23. The number of hydrogen-bond donors (Lipinski definition) is 6. The van der Waals surface area contributed by atoms with E-state index in [9.17, 15) is 19.8 Å². The number of carbonyl (C=O) groups excluding carboxylic acids is 2. The molecule has 1 atom stereocenters. The van der Waals surface area contributed by atoms with E-state index in [2.05, 4.69) is 20.8 Å². The van der Waals surface area contributed by atoms with Gasteiger partial charge < -0.3 is 31.7 Å². The summed E-state index contributed by atoms with van der Waals surface area (Å²) >= 11 is 1.23. The Kier molecular flexibility index (Phi) is 12.8. The zero-order valence-electron chi connectivity index (χ0n) is 25.3. The molecule has 4 aromatic rings. The lowest BCUT2D eigenvalue weighted by atomic mass is 10.0. The molecule has 0 aliphatic heterocycles. The van der Waals surface area contributed by atoms with E-state index in [0.717, 1.165) is 34.5 Å². The van der Waals surface area contributed by atoms with Crippen molar-refractivity contribution in [2.45, 2.75) is 38.2 Å². The number of allylic oxidation sites excluding steroid dienone is 3. The molecule has 12 heteroatoms. The minimum atomic E-state index is -1.53. The van der Waals surface area contributed by atoms with Crippen molar-refractivity contribution in [1.82, 2.24) is 15.5 Å². The third-order valence-electron chi connectivity index (χ3n) is 6.78. The minimum Gasteiger partial charge on any atom is -0.491 e. The second kappa shape index (κ2) is 17.4. The maximum atomic E-state index is 12.9. The molecule has 0 aliphatic carbocycles. The predicted molar refractivity (Wildman–Crippen MR) is 178 cm³/mol. The van der Waals surface area contributed by atoms with E-state index in [1.807, 2.05) is 60.7 Å². The summed E-state index contributed by atoms with van der Waals surface area (Å²) in [7, 11) is 0. The predicted octanol–water partition coefficient (Wildman–Crippen LogP) is 3.96. The first-order valence-corrected chi connectivity index (χ1v) is 15.6. The summed E-state index contributed by atoms with van der Waals surface area (Å²) in [6.45, 7) is -0.201. The number of unbranched alkanes of at least 4 members (excludes halogenated alkanes) is 1. The van der Waals surface area contributed by atoms with E-state index in [1.54, 1.807) is 30.4 Å². The quantitative estimate of drug-likeness (QED) is 0.0777. The van der Waals surface area contributed by atoms with Gasteiger partial charge in [-0.2, -0.15) is 0 Å². The van der Waals surface area contributed by atoms with Crippen LogP contribution >= 0.6 is 11.3 Å². The van der Waals surface area contributed by atoms with Crippen molar-refractivity contribution >= 4 is 28.3 Å². The average Bonchev–Trinajstić information content (AvgIpc) is 3.52. The molecule has 0 saturated heterocycles. The third-order valence-corrected chi connectivity index (χ3v) is 7.68. The topological polar surface area (TPSA) is 186 Å². The van der Waals surface area contributed by atoms with Gasteiger partial charge in [0.1, 0.15) is 23.2 Å². The number of aromatic nitrogens is 2. The number of aliphatic hydroxyl groups excluding tert-OH is 2. The molecule has 0 bridgehead atoms. The van der Waals surface area contributed by atoms with Crippen molar-refractivity contribution in [2.75, 3.05) is 18.5 Å². The van der Waals surface area contributed by atoms with E-state index < -0.39 is 12.0 Å². The molecule has 0 radical (unpaired) electrons. The van der Waals surface area contributed by atoms with Crippen LogP contribution in [0.3, 0.4) is 0 Å². The SMILES string of the molecule is N/C(=C\C=C(/N)NC(=O)Cc1ccccc1)CCCCc1nnc(NC(=O)C(O)c2ccc(-c3ccccc3)cc2OCCO)s1. The van der Waals surface area contributed by atoms with Crippen LogP contribution in [0.15, 0.2) is 103 Å². The van der Waals surface area contributed by atoms with Crippen LogP contribution in [-0.4, -0.2) is 45.4 Å². The minimum absolute atomic E-state index is 0.0128. The monoisotopic (exact) mass is 642 g/mol. The summed E-state index contributed by atoms with van der Waals surface area (Å²) in [6, 6.07) is 24.2. The summed E-state index contributed by atoms with van der Waals surface area (Å²) in [5.74, 6) is -0.361. The van der Waals surface area contributed by atoms with Crippen LogP contribution < -0.4 is 26.8 Å². The molecule has 0 aliphatic rings. The van der Waals surface area contributed by atoms with Crippen molar-refractivity contribution in [1.29, 1.82) is 0 Å². The van der Waals surface area contributed by atoms with E-state index in [4.69, 9.17) is 16.2 Å². The fourth-order valence-corrected chi connectivity index (χ4v) is 5.27. The van der Waals surface area contributed by atoms with Crippen LogP contribution in [0.1, 0.15) is 41.5 Å². The average molecular weight is 643 g/mol. The zero-order chi connectivity index (χ0) is 32.7. The molecule has 4 rings (SSSR count). The lowest BCUT2D eigenvalue weighted by molar-refractivity contribution is -0.124. The number of ether oxygens (including phenoxy) is 1. The number of carbonyl (C=O) groups is 2. The lowest BCUT2D eigenvalue weighted by Gasteiger charge is -2.16. The van der Waals surface area contributed by atoms with Gasteiger partial charge in [-0.1, -0.05) is 84.1 Å². The molecule has 1 aromatic heterocycles. The van der Waals surface area contributed by atoms with Crippen molar-refractivity contribution in [3.05, 3.63) is 119 Å². The molecule has 8 N–H and O–H groups in total. The van der Waals surface area contributed by atoms with Crippen molar-refractivity contribution in [3.63, 3.8) is 0 Å². The second-order valence-electron chi connectivity index (χ2n) is 10.4. The van der Waals surface area contributed by atoms with Crippen molar-refractivity contribution in [3.8, 4) is 16.9 Å². The number of nitrogens with zero attached hydrogens (tertiary/aromatic N) is 2. The molecule has 3 aromatic carbocycles. The lowest BCUT2D eigenvalue weighted by Crippen LogP contribution is -2.28. The Morgan fingerprint density at radius 1 is 0.935 bits per heavy atom. The molecule has 240 valence electrons. The Balaban J connectivity index is 1.23. The van der Waals surface area contributed by atoms with Gasteiger partial charge in [0.25, 0.3) is 5.91 Å². The fraction of sp³-hybridized carbons (Fsp3) is 0.235. The number of nitrogens with two attached hydrogens (primary N) is 2. The molecule has 1 unspecified atom stereocenters. The van der Waals surface area contributed by atoms with Crippen LogP contribution in [0, 0.1) is 0 Å². The first kappa shape index (κ1) is 33.8. The van der Waals surface area contributed by atoms with Crippen LogP contribution in [0.5, 0.6) is 5.75 Å². The fourth-order valence-electron chi connectivity index (χ4n) is 4.48. The Hall–Kier alpha value is -5.04. The van der Waals surface area contributed by atoms with Gasteiger partial charge >= 0.3 is 0 Å². The standard InChI is InChI=1S/C34H38N6O5S/c35-26(16-18-29(36)37-30(42)21-23-9-3-1-4-10-23)13-7-8-14-31-39-40-34(46-31)38-33(44)32(43)27-17-15-25(22-28(27)45-20-19-41)24-11-5-2-6-12-24/h1-6,9-12,15-18,22,32,41,43H,7-8,13-14,19-21,35-36H2,(H,37,42)(H,38,40,44)/b26-16-,29-18+. The molecule has 46 heavy (non-hydrogen) atoms. The number of anilines is 1. The van der Waals surface area contributed by atoms with Crippen LogP contribution in [0.2, 0.25) is 0 Å². The third kappa shape index (κ3) is 10.5. The normalized spacial score (nSPS) is 12.4. The Morgan fingerprint density at radius 2 is 1.67 bits per heavy atom. The van der Waals surface area contributed by atoms with E-state index >= 15 is 0 Å². The van der Waals surface area contributed by atoms with Gasteiger partial charge in [-0.25, -0.2) is 0 Å². The summed E-state index contributed by atoms with van der Waals surface area (Å²) in [4.78, 5) is 25.0. The Bertz CT molecular complexity index is 1640. The van der Waals surface area contributed by atoms with Crippen LogP contribution in [0.4, 0.5) is 5.13 Å². The Labute approximate surface area is 271 Å². The maximum absolute atomic E-state index is 12.9. The summed E-state index contributed by atoms with van der Waals surface area (Å²) in [5.41, 5.74) is 15.6. The molecule has 0 saturated carbocycles. The number of aliphatic hydroxyl groups is 2. The van der Waals surface area contributed by atoms with Gasteiger partial charge in [0.2, 0.25) is 11.0 Å². The van der Waals surface area contributed by atoms with Crippen molar-refractivity contribution in [2.24, 2.45) is 11.5 Å². The van der Waals surface area contributed by atoms with Gasteiger partial charge in [-0.05, 0) is 54.2 Å². The summed E-state index contributed by atoms with van der Waals surface area (Å²) in [5, 5.41) is 34.6. The number of hydrogen-bond acceptors (Lipinski definition) is 10. The highest BCUT2D eigenvalue weighted by molar-refractivity contribution is 7.15. The number of rotatable bonds is 16. The largest absolute Gasteiger partial charge is 0.491 e. The molecule has 11 nitrogen and oxygen atoms in total. The molecular weight excluding hydrogens is 604 g/mol. The summed E-state index contributed by atoms with van der Waals surface area (Å²) in [6.07, 6.45) is 4.79. The number of amides is 2. The van der Waals surface area contributed by atoms with Crippen LogP contribution in [-0.2, 0) is 22.4 Å². The van der Waals surface area contributed by atoms with Crippen molar-refractivity contribution < 1.29 is 24.5 Å². The smallest absolute Gasteiger partial charge is 0.259 e. The van der Waals surface area contributed by atoms with E-state index in [1.165, 1.54) is 11.3 Å². The highest BCUT2D eigenvalue weighted by atomic mass is 32.1. The zero-order valence-corrected chi connectivity index (χ0v) is 26.1. The maximum Gasteiger partial charge on any atom is 0.259 e. The van der Waals surface area contributed by atoms with Gasteiger partial charge in [-0.15, -0.1) is 10.2 Å². The molecule has 1 heterocycles. The van der Waals surface area contributed by atoms with Crippen LogP contribution in [0.25, 0.3) is 11.1 Å². The number of aryl methyl sites for hydroxylation is 1. The van der Waals surface area contributed by atoms with E-state index in [-0.39, 0.29) is 42.1 Å². The second-order valence-corrected chi connectivity index (χ2v) is 11.4. The molecular formula is C34H38N6O5S. The highest BCUT2D eigenvalue weighted by Crippen LogP contribution is 2.32. The number of nitrogens with one attached hydrogen (secondary N) is 2. The van der Waals surface area contributed by atoms with Gasteiger partial charge in [-0.3, -0.25) is 14.9 Å². The Morgan fingerprint density at radius 3 is 2.41 bits per heavy atom. The molecule has 0 fully saturated rings. The first-order valence-electron chi connectivity index (χ1n) is 14.8. The summed E-state index contributed by atoms with van der Waals surface area (Å²) < 4.78 is 5.65. The number of benzene rings is 3. The van der Waals surface area contributed by atoms with Gasteiger partial charge in [0.05, 0.1) is 13.0 Å².